The second-order valence-corrected chi connectivity index (χ2v) is 24.9. The summed E-state index contributed by atoms with van der Waals surface area (Å²) >= 11 is 0. The molecule has 0 aromatic heterocycles. The van der Waals surface area contributed by atoms with E-state index in [0.717, 1.165) is 64.2 Å². The molecule has 468 valence electrons. The highest BCUT2D eigenvalue weighted by Crippen LogP contribution is 2.19. The molecule has 6 nitrogen and oxygen atoms in total. The molecule has 6 heteroatoms. The van der Waals surface area contributed by atoms with Gasteiger partial charge in [-0.25, -0.2) is 0 Å². The van der Waals surface area contributed by atoms with Gasteiger partial charge in [0.05, 0.1) is 0 Å². The minimum Gasteiger partial charge on any atom is -0.462 e. The summed E-state index contributed by atoms with van der Waals surface area (Å²) in [5, 5.41) is 0. The zero-order chi connectivity index (χ0) is 57.1. The fourth-order valence-electron chi connectivity index (χ4n) is 11.3. The molecule has 0 rings (SSSR count). The quantitative estimate of drug-likeness (QED) is 0.0261. The Balaban J connectivity index is 4.12. The normalized spacial score (nSPS) is 12.0. The number of hydrogen-bond acceptors (Lipinski definition) is 6. The number of carbonyl (C=O) groups excluding carboxylic acids is 3. The first-order valence-corrected chi connectivity index (χ1v) is 36.2. The van der Waals surface area contributed by atoms with Crippen molar-refractivity contribution in [3.8, 4) is 0 Å². The average Bonchev–Trinajstić information content (AvgIpc) is 3.45. The van der Waals surface area contributed by atoms with Gasteiger partial charge in [-0.3, -0.25) is 14.4 Å². The summed E-state index contributed by atoms with van der Waals surface area (Å²) < 4.78 is 17.0. The van der Waals surface area contributed by atoms with Crippen LogP contribution in [0.5, 0.6) is 0 Å². The van der Waals surface area contributed by atoms with Crippen LogP contribution in [0.2, 0.25) is 0 Å². The molecule has 0 bridgehead atoms. The van der Waals surface area contributed by atoms with E-state index >= 15 is 0 Å². The van der Waals surface area contributed by atoms with E-state index in [4.69, 9.17) is 14.2 Å². The Hall–Kier alpha value is -1.85. The molecule has 1 unspecified atom stereocenters. The smallest absolute Gasteiger partial charge is 0.306 e. The summed E-state index contributed by atoms with van der Waals surface area (Å²) in [6, 6.07) is 0. The van der Waals surface area contributed by atoms with E-state index < -0.39 is 6.10 Å². The zero-order valence-corrected chi connectivity index (χ0v) is 53.9. The van der Waals surface area contributed by atoms with Crippen molar-refractivity contribution < 1.29 is 28.6 Å². The van der Waals surface area contributed by atoms with Gasteiger partial charge < -0.3 is 14.2 Å². The molecule has 0 aromatic rings. The largest absolute Gasteiger partial charge is 0.462 e. The summed E-state index contributed by atoms with van der Waals surface area (Å²) in [6.07, 6.45) is 82.6. The van der Waals surface area contributed by atoms with Gasteiger partial charge in [0.15, 0.2) is 6.10 Å². The summed E-state index contributed by atoms with van der Waals surface area (Å²) in [5.41, 5.74) is 0. The lowest BCUT2D eigenvalue weighted by Crippen LogP contribution is -2.30. The molecule has 0 radical (unpaired) electrons. The maximum atomic E-state index is 12.9. The number of rotatable bonds is 68. The fourth-order valence-corrected chi connectivity index (χ4v) is 11.3. The third-order valence-electron chi connectivity index (χ3n) is 16.8. The van der Waals surface area contributed by atoms with Gasteiger partial charge in [-0.2, -0.15) is 0 Å². The van der Waals surface area contributed by atoms with Crippen LogP contribution in [0.25, 0.3) is 0 Å². The minimum absolute atomic E-state index is 0.0658. The molecule has 0 amide bonds. The van der Waals surface area contributed by atoms with Crippen LogP contribution in [0.1, 0.15) is 419 Å². The SMILES string of the molecule is CCCC/C=C\CCCCCCCC(=O)OCC(COC(=O)CCCCCCCCCCCCCCCCCCCCCCCCCCCCC)OC(=O)CCCCCCCCCCCCCCCCCCCCCCCCC. The Kier molecular flexibility index (Phi) is 67.0. The van der Waals surface area contributed by atoms with E-state index in [1.807, 2.05) is 0 Å². The third kappa shape index (κ3) is 66.8. The Labute approximate surface area is 494 Å². The van der Waals surface area contributed by atoms with Crippen LogP contribution in [0.15, 0.2) is 12.2 Å². The lowest BCUT2D eigenvalue weighted by Gasteiger charge is -2.18. The van der Waals surface area contributed by atoms with E-state index in [1.165, 1.54) is 315 Å². The van der Waals surface area contributed by atoms with Gasteiger partial charge in [0, 0.05) is 19.3 Å². The van der Waals surface area contributed by atoms with E-state index in [1.54, 1.807) is 0 Å². The van der Waals surface area contributed by atoms with Gasteiger partial charge in [-0.15, -0.1) is 0 Å². The molecule has 0 aliphatic rings. The van der Waals surface area contributed by atoms with Gasteiger partial charge in [-0.05, 0) is 38.5 Å². The van der Waals surface area contributed by atoms with E-state index in [-0.39, 0.29) is 31.1 Å². The number of esters is 3. The van der Waals surface area contributed by atoms with Crippen molar-refractivity contribution in [1.82, 2.24) is 0 Å². The lowest BCUT2D eigenvalue weighted by atomic mass is 10.0. The molecule has 0 heterocycles. The second kappa shape index (κ2) is 68.6. The molecule has 0 aliphatic carbocycles. The highest BCUT2D eigenvalue weighted by molar-refractivity contribution is 5.71. The number of allylic oxidation sites excluding steroid dienone is 2. The lowest BCUT2D eigenvalue weighted by molar-refractivity contribution is -0.167. The molecule has 0 saturated heterocycles. The molecular weight excluding hydrogens is 973 g/mol. The van der Waals surface area contributed by atoms with Gasteiger partial charge in [0.25, 0.3) is 0 Å². The van der Waals surface area contributed by atoms with Crippen LogP contribution in [0.4, 0.5) is 0 Å². The molecule has 79 heavy (non-hydrogen) atoms. The number of ether oxygens (including phenoxy) is 3. The molecule has 0 aromatic carbocycles. The van der Waals surface area contributed by atoms with E-state index in [9.17, 15) is 14.4 Å². The molecule has 0 saturated carbocycles. The standard InChI is InChI=1S/C73H140O6/c1-4-7-10-13-16-19-22-24-26-28-30-32-34-35-36-37-39-40-42-44-46-48-51-54-57-60-63-66-72(75)78-69-70(68-77-71(74)65-62-59-56-53-50-21-18-15-12-9-6-3)79-73(76)67-64-61-58-55-52-49-47-45-43-41-38-33-31-29-27-25-23-20-17-14-11-8-5-2/h15,18,70H,4-14,16-17,19-69H2,1-3H3/b18-15-. The first kappa shape index (κ1) is 77.2. The van der Waals surface area contributed by atoms with Crippen molar-refractivity contribution >= 4 is 17.9 Å². The molecule has 0 N–H and O–H groups in total. The number of hydrogen-bond donors (Lipinski definition) is 0. The van der Waals surface area contributed by atoms with Crippen LogP contribution < -0.4 is 0 Å². The van der Waals surface area contributed by atoms with Gasteiger partial charge in [0.1, 0.15) is 13.2 Å². The third-order valence-corrected chi connectivity index (χ3v) is 16.8. The summed E-state index contributed by atoms with van der Waals surface area (Å²) in [7, 11) is 0. The summed E-state index contributed by atoms with van der Waals surface area (Å²) in [4.78, 5) is 38.4. The molecule has 0 fully saturated rings. The van der Waals surface area contributed by atoms with Crippen molar-refractivity contribution in [3.63, 3.8) is 0 Å². The second-order valence-electron chi connectivity index (χ2n) is 24.9. The van der Waals surface area contributed by atoms with E-state index in [0.29, 0.717) is 19.3 Å². The van der Waals surface area contributed by atoms with Crippen LogP contribution >= 0.6 is 0 Å². The average molecular weight is 1110 g/mol. The molecule has 0 aliphatic heterocycles. The van der Waals surface area contributed by atoms with Crippen molar-refractivity contribution in [2.45, 2.75) is 425 Å². The summed E-state index contributed by atoms with van der Waals surface area (Å²) in [6.45, 7) is 6.69. The number of unbranched alkanes of at least 4 members (excludes halogenated alkanes) is 55. The van der Waals surface area contributed by atoms with Gasteiger partial charge in [0.2, 0.25) is 0 Å². The highest BCUT2D eigenvalue weighted by atomic mass is 16.6. The Morgan fingerprint density at radius 1 is 0.241 bits per heavy atom. The maximum absolute atomic E-state index is 12.9. The minimum atomic E-state index is -0.769. The van der Waals surface area contributed by atoms with E-state index in [2.05, 4.69) is 32.9 Å². The molecule has 1 atom stereocenters. The van der Waals surface area contributed by atoms with Crippen LogP contribution in [0, 0.1) is 0 Å². The topological polar surface area (TPSA) is 78.9 Å². The van der Waals surface area contributed by atoms with Crippen molar-refractivity contribution in [2.24, 2.45) is 0 Å². The van der Waals surface area contributed by atoms with Gasteiger partial charge >= 0.3 is 17.9 Å². The Bertz CT molecular complexity index is 1230. The monoisotopic (exact) mass is 1110 g/mol. The van der Waals surface area contributed by atoms with Crippen LogP contribution in [0.3, 0.4) is 0 Å². The first-order valence-electron chi connectivity index (χ1n) is 36.2. The summed E-state index contributed by atoms with van der Waals surface area (Å²) in [5.74, 6) is -0.841. The van der Waals surface area contributed by atoms with Crippen LogP contribution in [-0.4, -0.2) is 37.2 Å². The predicted octanol–water partition coefficient (Wildman–Crippen LogP) is 24.8. The fraction of sp³-hybridized carbons (Fsp3) is 0.932. The maximum Gasteiger partial charge on any atom is 0.306 e. The Morgan fingerprint density at radius 3 is 0.671 bits per heavy atom. The zero-order valence-electron chi connectivity index (χ0n) is 53.9. The Morgan fingerprint density at radius 2 is 0.430 bits per heavy atom. The predicted molar refractivity (Wildman–Crippen MR) is 344 cm³/mol. The highest BCUT2D eigenvalue weighted by Gasteiger charge is 2.19. The van der Waals surface area contributed by atoms with Gasteiger partial charge in [-0.1, -0.05) is 373 Å². The molecule has 0 spiro atoms. The van der Waals surface area contributed by atoms with Crippen molar-refractivity contribution in [1.29, 1.82) is 0 Å². The number of carbonyl (C=O) groups is 3. The van der Waals surface area contributed by atoms with Crippen molar-refractivity contribution in [3.05, 3.63) is 12.2 Å². The van der Waals surface area contributed by atoms with Crippen LogP contribution in [-0.2, 0) is 28.6 Å². The molecular formula is C73H140O6. The van der Waals surface area contributed by atoms with Crippen molar-refractivity contribution in [2.75, 3.05) is 13.2 Å². The first-order chi connectivity index (χ1) is 39.0.